The summed E-state index contributed by atoms with van der Waals surface area (Å²) in [4.78, 5) is 2.29. The molecule has 0 aliphatic heterocycles. The fourth-order valence-corrected chi connectivity index (χ4v) is 1.79. The molecule has 0 aromatic heterocycles. The van der Waals surface area contributed by atoms with E-state index in [1.54, 1.807) is 0 Å². The summed E-state index contributed by atoms with van der Waals surface area (Å²) in [5.74, 6) is 0.911. The van der Waals surface area contributed by atoms with Crippen LogP contribution in [0.5, 0.6) is 5.75 Å². The fraction of sp³-hybridized carbons (Fsp3) is 0.533. The lowest BCUT2D eigenvalue weighted by atomic mass is 10.2. The predicted octanol–water partition coefficient (Wildman–Crippen LogP) is 2.47. The van der Waals surface area contributed by atoms with E-state index in [0.717, 1.165) is 24.4 Å². The molecule has 0 amide bonds. The van der Waals surface area contributed by atoms with Crippen molar-refractivity contribution in [2.75, 3.05) is 26.7 Å². The molecule has 0 spiro atoms. The zero-order chi connectivity index (χ0) is 14.1. The van der Waals surface area contributed by atoms with Crippen molar-refractivity contribution in [3.05, 3.63) is 29.8 Å². The number of unbranched alkanes of at least 4 members (excludes halogenated alkanes) is 2. The SMILES string of the molecule is CCCCCN(C)CCOc1ccc(C(=N)N)cc1. The number of hydrogen-bond donors (Lipinski definition) is 2. The van der Waals surface area contributed by atoms with Crippen LogP contribution in [0.25, 0.3) is 0 Å². The highest BCUT2D eigenvalue weighted by Crippen LogP contribution is 2.11. The van der Waals surface area contributed by atoms with Crippen LogP contribution < -0.4 is 10.5 Å². The van der Waals surface area contributed by atoms with Gasteiger partial charge in [-0.1, -0.05) is 19.8 Å². The Morgan fingerprint density at radius 2 is 1.89 bits per heavy atom. The van der Waals surface area contributed by atoms with E-state index in [4.69, 9.17) is 15.9 Å². The maximum absolute atomic E-state index is 7.31. The number of nitrogens with one attached hydrogen (secondary N) is 1. The Bertz CT molecular complexity index is 375. The van der Waals surface area contributed by atoms with Crippen LogP contribution in [-0.2, 0) is 0 Å². The lowest BCUT2D eigenvalue weighted by Crippen LogP contribution is -2.25. The quantitative estimate of drug-likeness (QED) is 0.409. The maximum Gasteiger partial charge on any atom is 0.122 e. The van der Waals surface area contributed by atoms with Crippen molar-refractivity contribution in [1.82, 2.24) is 4.90 Å². The summed E-state index contributed by atoms with van der Waals surface area (Å²) >= 11 is 0. The molecular weight excluding hydrogens is 238 g/mol. The second kappa shape index (κ2) is 8.53. The average molecular weight is 263 g/mol. The molecule has 1 aromatic carbocycles. The largest absolute Gasteiger partial charge is 0.492 e. The summed E-state index contributed by atoms with van der Waals surface area (Å²) in [6.45, 7) is 4.95. The molecule has 4 heteroatoms. The van der Waals surface area contributed by atoms with Crippen LogP contribution in [0.1, 0.15) is 31.7 Å². The van der Waals surface area contributed by atoms with E-state index in [1.165, 1.54) is 19.3 Å². The first-order valence-electron chi connectivity index (χ1n) is 6.89. The molecule has 0 fully saturated rings. The Labute approximate surface area is 116 Å². The van der Waals surface area contributed by atoms with E-state index in [0.29, 0.717) is 6.61 Å². The standard InChI is InChI=1S/C15H25N3O/c1-3-4-5-10-18(2)11-12-19-14-8-6-13(7-9-14)15(16)17/h6-9H,3-5,10-12H2,1-2H3,(H3,16,17). The van der Waals surface area contributed by atoms with E-state index in [1.807, 2.05) is 24.3 Å². The summed E-state index contributed by atoms with van der Waals surface area (Å²) in [5.41, 5.74) is 6.12. The molecule has 0 saturated heterocycles. The van der Waals surface area contributed by atoms with E-state index in [-0.39, 0.29) is 5.84 Å². The molecule has 4 nitrogen and oxygen atoms in total. The topological polar surface area (TPSA) is 62.3 Å². The van der Waals surface area contributed by atoms with Crippen LogP contribution in [0.15, 0.2) is 24.3 Å². The number of hydrogen-bond acceptors (Lipinski definition) is 3. The smallest absolute Gasteiger partial charge is 0.122 e. The molecule has 3 N–H and O–H groups in total. The number of nitrogen functional groups attached to an aromatic ring is 1. The van der Waals surface area contributed by atoms with Gasteiger partial charge in [-0.05, 0) is 44.3 Å². The molecule has 0 saturated carbocycles. The molecule has 1 rings (SSSR count). The molecule has 106 valence electrons. The number of benzene rings is 1. The summed E-state index contributed by atoms with van der Waals surface area (Å²) in [6.07, 6.45) is 3.80. The van der Waals surface area contributed by atoms with E-state index >= 15 is 0 Å². The Morgan fingerprint density at radius 3 is 2.47 bits per heavy atom. The van der Waals surface area contributed by atoms with Crippen LogP contribution >= 0.6 is 0 Å². The van der Waals surface area contributed by atoms with Crippen molar-refractivity contribution in [3.63, 3.8) is 0 Å². The normalized spacial score (nSPS) is 10.7. The minimum atomic E-state index is 0.0854. The molecule has 0 aliphatic rings. The van der Waals surface area contributed by atoms with Crippen molar-refractivity contribution >= 4 is 5.84 Å². The molecule has 1 aromatic rings. The van der Waals surface area contributed by atoms with Crippen LogP contribution in [0.3, 0.4) is 0 Å². The number of nitrogens with zero attached hydrogens (tertiary/aromatic N) is 1. The summed E-state index contributed by atoms with van der Waals surface area (Å²) in [7, 11) is 2.12. The monoisotopic (exact) mass is 263 g/mol. The lowest BCUT2D eigenvalue weighted by molar-refractivity contribution is 0.235. The van der Waals surface area contributed by atoms with E-state index < -0.39 is 0 Å². The molecule has 0 bridgehead atoms. The molecule has 0 heterocycles. The summed E-state index contributed by atoms with van der Waals surface area (Å²) in [5, 5.41) is 7.31. The van der Waals surface area contributed by atoms with E-state index in [2.05, 4.69) is 18.9 Å². The second-order valence-electron chi connectivity index (χ2n) is 4.80. The van der Waals surface area contributed by atoms with Gasteiger partial charge in [-0.25, -0.2) is 0 Å². The van der Waals surface area contributed by atoms with Crippen molar-refractivity contribution in [2.24, 2.45) is 5.73 Å². The van der Waals surface area contributed by atoms with Gasteiger partial charge in [-0.2, -0.15) is 0 Å². The summed E-state index contributed by atoms with van der Waals surface area (Å²) < 4.78 is 5.66. The molecule has 19 heavy (non-hydrogen) atoms. The highest BCUT2D eigenvalue weighted by molar-refractivity contribution is 5.94. The molecule has 0 atom stereocenters. The third-order valence-electron chi connectivity index (χ3n) is 3.05. The highest BCUT2D eigenvalue weighted by Gasteiger charge is 2.00. The van der Waals surface area contributed by atoms with Crippen molar-refractivity contribution in [2.45, 2.75) is 26.2 Å². The van der Waals surface area contributed by atoms with Gasteiger partial charge < -0.3 is 15.4 Å². The first-order chi connectivity index (χ1) is 9.13. The Kier molecular flexibility index (Phi) is 6.97. The number of rotatable bonds is 9. The third kappa shape index (κ3) is 6.25. The van der Waals surface area contributed by atoms with Gasteiger partial charge in [0.05, 0.1) is 0 Å². The minimum absolute atomic E-state index is 0.0854. The van der Waals surface area contributed by atoms with Gasteiger partial charge in [0, 0.05) is 12.1 Å². The van der Waals surface area contributed by atoms with Gasteiger partial charge in [-0.3, -0.25) is 5.41 Å². The lowest BCUT2D eigenvalue weighted by Gasteiger charge is -2.16. The van der Waals surface area contributed by atoms with Gasteiger partial charge >= 0.3 is 0 Å². The highest BCUT2D eigenvalue weighted by atomic mass is 16.5. The predicted molar refractivity (Wildman–Crippen MR) is 80.0 cm³/mol. The maximum atomic E-state index is 7.31. The first kappa shape index (κ1) is 15.5. The van der Waals surface area contributed by atoms with Gasteiger partial charge in [-0.15, -0.1) is 0 Å². The zero-order valence-corrected chi connectivity index (χ0v) is 12.0. The molecule has 0 unspecified atom stereocenters. The fourth-order valence-electron chi connectivity index (χ4n) is 1.79. The average Bonchev–Trinajstić information content (AvgIpc) is 2.39. The Balaban J connectivity index is 2.23. The van der Waals surface area contributed by atoms with Crippen molar-refractivity contribution in [1.29, 1.82) is 5.41 Å². The minimum Gasteiger partial charge on any atom is -0.492 e. The molecule has 0 radical (unpaired) electrons. The van der Waals surface area contributed by atoms with Gasteiger partial charge in [0.25, 0.3) is 0 Å². The van der Waals surface area contributed by atoms with Crippen LogP contribution in [0, 0.1) is 5.41 Å². The number of nitrogens with two attached hydrogens (primary N) is 1. The molecular formula is C15H25N3O. The number of ether oxygens (including phenoxy) is 1. The van der Waals surface area contributed by atoms with Crippen LogP contribution in [0.2, 0.25) is 0 Å². The van der Waals surface area contributed by atoms with Crippen LogP contribution in [-0.4, -0.2) is 37.5 Å². The molecule has 0 aliphatic carbocycles. The van der Waals surface area contributed by atoms with E-state index in [9.17, 15) is 0 Å². The summed E-state index contributed by atoms with van der Waals surface area (Å²) in [6, 6.07) is 7.33. The van der Waals surface area contributed by atoms with Crippen molar-refractivity contribution in [3.8, 4) is 5.75 Å². The number of likely N-dealkylation sites (N-methyl/N-ethyl adjacent to an activating group) is 1. The first-order valence-corrected chi connectivity index (χ1v) is 6.89. The Morgan fingerprint density at radius 1 is 1.21 bits per heavy atom. The third-order valence-corrected chi connectivity index (χ3v) is 3.05. The van der Waals surface area contributed by atoms with Crippen molar-refractivity contribution < 1.29 is 4.74 Å². The van der Waals surface area contributed by atoms with Crippen LogP contribution in [0.4, 0.5) is 0 Å². The van der Waals surface area contributed by atoms with Gasteiger partial charge in [0.2, 0.25) is 0 Å². The second-order valence-corrected chi connectivity index (χ2v) is 4.80. The Hall–Kier alpha value is -1.55. The van der Waals surface area contributed by atoms with Gasteiger partial charge in [0.15, 0.2) is 0 Å². The zero-order valence-electron chi connectivity index (χ0n) is 12.0. The van der Waals surface area contributed by atoms with Gasteiger partial charge in [0.1, 0.15) is 18.2 Å². The number of amidine groups is 1.